The van der Waals surface area contributed by atoms with E-state index in [0.717, 1.165) is 60.5 Å². The molecule has 4 nitrogen and oxygen atoms in total. The molecule has 0 fully saturated rings. The van der Waals surface area contributed by atoms with Crippen LogP contribution in [0.4, 0.5) is 0 Å². The average Bonchev–Trinajstić information content (AvgIpc) is 3.86. The van der Waals surface area contributed by atoms with E-state index >= 15 is 0 Å². The first-order valence-electron chi connectivity index (χ1n) is 17.2. The van der Waals surface area contributed by atoms with Crippen LogP contribution >= 0.6 is 11.3 Å². The first kappa shape index (κ1) is 27.3. The molecule has 0 N–H and O–H groups in total. The fraction of sp³-hybridized carbons (Fsp3) is 0. The fourth-order valence-corrected chi connectivity index (χ4v) is 9.61. The first-order chi connectivity index (χ1) is 25.3. The molecule has 0 bridgehead atoms. The van der Waals surface area contributed by atoms with Gasteiger partial charge in [-0.15, -0.1) is 11.3 Å². The standard InChI is InChI=1S/C46H25N3OS/c1-2-12-27-26(11-1)21-23-36-41(27)33-22-24-38-43(31-16-6-9-19-37(31)50-38)45(33)49(36)46-47-35-18-8-5-15-30(35)44(48-46)34-25-40-42(29-14-4-3-13-28(29)34)32-17-7-10-20-39(32)51-40/h1-25H. The minimum Gasteiger partial charge on any atom is -0.456 e. The molecule has 12 rings (SSSR count). The Morgan fingerprint density at radius 1 is 0.471 bits per heavy atom. The molecule has 0 aliphatic rings. The third-order valence-corrected chi connectivity index (χ3v) is 11.7. The zero-order valence-electron chi connectivity index (χ0n) is 27.1. The van der Waals surface area contributed by atoms with Gasteiger partial charge in [-0.05, 0) is 64.0 Å². The quantitative estimate of drug-likeness (QED) is 0.184. The number of para-hydroxylation sites is 2. The van der Waals surface area contributed by atoms with Gasteiger partial charge >= 0.3 is 0 Å². The summed E-state index contributed by atoms with van der Waals surface area (Å²) in [6.45, 7) is 0. The molecule has 51 heavy (non-hydrogen) atoms. The van der Waals surface area contributed by atoms with Crippen LogP contribution in [-0.4, -0.2) is 14.5 Å². The van der Waals surface area contributed by atoms with Gasteiger partial charge in [-0.2, -0.15) is 0 Å². The van der Waals surface area contributed by atoms with Gasteiger partial charge in [0.05, 0.1) is 27.6 Å². The van der Waals surface area contributed by atoms with Crippen LogP contribution in [0, 0.1) is 0 Å². The van der Waals surface area contributed by atoms with Crippen LogP contribution < -0.4 is 0 Å². The number of rotatable bonds is 2. The number of benzene rings is 8. The zero-order chi connectivity index (χ0) is 33.2. The molecular formula is C46H25N3OS. The molecular weight excluding hydrogens is 643 g/mol. The molecule has 0 amide bonds. The maximum Gasteiger partial charge on any atom is 0.235 e. The van der Waals surface area contributed by atoms with Crippen LogP contribution in [0.5, 0.6) is 0 Å². The van der Waals surface area contributed by atoms with Crippen molar-refractivity contribution >= 4 is 108 Å². The minimum absolute atomic E-state index is 0.636. The van der Waals surface area contributed by atoms with Crippen molar-refractivity contribution in [2.75, 3.05) is 0 Å². The smallest absolute Gasteiger partial charge is 0.235 e. The molecule has 5 heteroatoms. The van der Waals surface area contributed by atoms with Crippen molar-refractivity contribution < 1.29 is 4.42 Å². The van der Waals surface area contributed by atoms with Gasteiger partial charge in [0.25, 0.3) is 0 Å². The maximum atomic E-state index is 6.46. The highest BCUT2D eigenvalue weighted by Crippen LogP contribution is 2.45. The van der Waals surface area contributed by atoms with E-state index < -0.39 is 0 Å². The summed E-state index contributed by atoms with van der Waals surface area (Å²) < 4.78 is 11.3. The highest BCUT2D eigenvalue weighted by atomic mass is 32.1. The van der Waals surface area contributed by atoms with Crippen LogP contribution in [0.1, 0.15) is 0 Å². The lowest BCUT2D eigenvalue weighted by atomic mass is 9.96. The third kappa shape index (κ3) is 3.68. The van der Waals surface area contributed by atoms with Crippen molar-refractivity contribution in [1.29, 1.82) is 0 Å². The third-order valence-electron chi connectivity index (χ3n) is 10.6. The van der Waals surface area contributed by atoms with Gasteiger partial charge in [-0.3, -0.25) is 4.57 Å². The highest BCUT2D eigenvalue weighted by Gasteiger charge is 2.24. The van der Waals surface area contributed by atoms with Crippen LogP contribution in [0.15, 0.2) is 156 Å². The van der Waals surface area contributed by atoms with Crippen LogP contribution in [-0.2, 0) is 0 Å². The van der Waals surface area contributed by atoms with E-state index in [1.54, 1.807) is 0 Å². The van der Waals surface area contributed by atoms with E-state index in [4.69, 9.17) is 14.4 Å². The molecule has 236 valence electrons. The van der Waals surface area contributed by atoms with E-state index in [2.05, 4.69) is 144 Å². The van der Waals surface area contributed by atoms with Crippen molar-refractivity contribution in [1.82, 2.24) is 14.5 Å². The minimum atomic E-state index is 0.636. The molecule has 0 saturated carbocycles. The van der Waals surface area contributed by atoms with Crippen LogP contribution in [0.2, 0.25) is 0 Å². The first-order valence-corrected chi connectivity index (χ1v) is 18.0. The number of aromatic nitrogens is 3. The highest BCUT2D eigenvalue weighted by molar-refractivity contribution is 7.26. The van der Waals surface area contributed by atoms with E-state index in [-0.39, 0.29) is 0 Å². The van der Waals surface area contributed by atoms with E-state index in [1.807, 2.05) is 23.5 Å². The Morgan fingerprint density at radius 2 is 1.20 bits per heavy atom. The van der Waals surface area contributed by atoms with E-state index in [1.165, 1.54) is 47.1 Å². The molecule has 4 heterocycles. The molecule has 0 aliphatic heterocycles. The summed E-state index contributed by atoms with van der Waals surface area (Å²) in [6.07, 6.45) is 0. The van der Waals surface area contributed by atoms with Gasteiger partial charge < -0.3 is 4.42 Å². The molecule has 0 atom stereocenters. The van der Waals surface area contributed by atoms with Gasteiger partial charge in [0, 0.05) is 47.3 Å². The number of hydrogen-bond donors (Lipinski definition) is 0. The Kier molecular flexibility index (Phi) is 5.35. The Labute approximate surface area is 294 Å². The lowest BCUT2D eigenvalue weighted by Gasteiger charge is -2.14. The van der Waals surface area contributed by atoms with E-state index in [0.29, 0.717) is 5.95 Å². The van der Waals surface area contributed by atoms with Crippen LogP contribution in [0.3, 0.4) is 0 Å². The summed E-state index contributed by atoms with van der Waals surface area (Å²) in [5.41, 5.74) is 6.75. The summed E-state index contributed by atoms with van der Waals surface area (Å²) in [5.74, 6) is 0.636. The lowest BCUT2D eigenvalue weighted by Crippen LogP contribution is -2.04. The van der Waals surface area contributed by atoms with E-state index in [9.17, 15) is 0 Å². The van der Waals surface area contributed by atoms with Crippen molar-refractivity contribution in [3.8, 4) is 17.2 Å². The second-order valence-corrected chi connectivity index (χ2v) is 14.4. The SMILES string of the molecule is c1ccc2c(c1)ccc1c2c2ccc3oc4ccccc4c3c2n1-c1nc(-c2cc3sc4ccccc4c3c3ccccc23)c2ccccc2n1. The van der Waals surface area contributed by atoms with Gasteiger partial charge in [0.1, 0.15) is 11.2 Å². The summed E-state index contributed by atoms with van der Waals surface area (Å²) in [4.78, 5) is 11.0. The molecule has 0 aliphatic carbocycles. The van der Waals surface area contributed by atoms with Gasteiger partial charge in [-0.25, -0.2) is 9.97 Å². The largest absolute Gasteiger partial charge is 0.456 e. The zero-order valence-corrected chi connectivity index (χ0v) is 27.9. The Balaban J connectivity index is 1.27. The van der Waals surface area contributed by atoms with Crippen LogP contribution in [0.25, 0.3) is 114 Å². The Bertz CT molecular complexity index is 3430. The summed E-state index contributed by atoms with van der Waals surface area (Å²) in [5, 5.41) is 12.9. The molecule has 0 unspecified atom stereocenters. The maximum absolute atomic E-state index is 6.46. The summed E-state index contributed by atoms with van der Waals surface area (Å²) >= 11 is 1.84. The average molecular weight is 668 g/mol. The summed E-state index contributed by atoms with van der Waals surface area (Å²) in [6, 6.07) is 53.9. The summed E-state index contributed by atoms with van der Waals surface area (Å²) in [7, 11) is 0. The number of furan rings is 1. The number of nitrogens with zero attached hydrogens (tertiary/aromatic N) is 3. The van der Waals surface area contributed by atoms with Gasteiger partial charge in [-0.1, -0.05) is 109 Å². The monoisotopic (exact) mass is 667 g/mol. The van der Waals surface area contributed by atoms with Gasteiger partial charge in [0.15, 0.2) is 0 Å². The molecule has 0 saturated heterocycles. The molecule has 4 aromatic heterocycles. The predicted molar refractivity (Wildman–Crippen MR) is 214 cm³/mol. The molecule has 0 radical (unpaired) electrons. The second kappa shape index (κ2) is 10.0. The van der Waals surface area contributed by atoms with Gasteiger partial charge in [0.2, 0.25) is 5.95 Å². The number of thiophene rings is 1. The van der Waals surface area contributed by atoms with Crippen molar-refractivity contribution in [2.45, 2.75) is 0 Å². The normalized spacial score (nSPS) is 12.3. The van der Waals surface area contributed by atoms with Crippen molar-refractivity contribution in [2.24, 2.45) is 0 Å². The molecule has 8 aromatic carbocycles. The number of fused-ring (bicyclic) bond motifs is 15. The molecule has 12 aromatic rings. The fourth-order valence-electron chi connectivity index (χ4n) is 8.44. The Hall–Kier alpha value is -6.56. The Morgan fingerprint density at radius 3 is 2.10 bits per heavy atom. The topological polar surface area (TPSA) is 43.9 Å². The lowest BCUT2D eigenvalue weighted by molar-refractivity contribution is 0.669. The molecule has 0 spiro atoms. The second-order valence-electron chi connectivity index (χ2n) is 13.3. The van der Waals surface area contributed by atoms with Crippen molar-refractivity contribution in [3.05, 3.63) is 152 Å². The predicted octanol–water partition coefficient (Wildman–Crippen LogP) is 13.0. The number of hydrogen-bond acceptors (Lipinski definition) is 4. The van der Waals surface area contributed by atoms with Crippen molar-refractivity contribution in [3.63, 3.8) is 0 Å².